The molecular weight excluding hydrogens is 184 g/mol. The third-order valence-electron chi connectivity index (χ3n) is 1.89. The van der Waals surface area contributed by atoms with E-state index in [9.17, 15) is 14.7 Å². The van der Waals surface area contributed by atoms with Gasteiger partial charge in [-0.3, -0.25) is 9.59 Å². The molecule has 0 spiro atoms. The maximum Gasteiger partial charge on any atom is 0.281 e. The molecule has 5 heteroatoms. The average molecular weight is 196 g/mol. The van der Waals surface area contributed by atoms with Gasteiger partial charge >= 0.3 is 0 Å². The Hall–Kier alpha value is -1.65. The van der Waals surface area contributed by atoms with Gasteiger partial charge in [-0.1, -0.05) is 13.8 Å². The first kappa shape index (κ1) is 10.4. The molecule has 1 aromatic heterocycles. The van der Waals surface area contributed by atoms with Crippen LogP contribution < -0.4 is 5.56 Å². The molecule has 76 valence electrons. The number of hydrogen-bond acceptors (Lipinski definition) is 4. The predicted molar refractivity (Wildman–Crippen MR) is 50.3 cm³/mol. The van der Waals surface area contributed by atoms with Crippen LogP contribution in [0.5, 0.6) is 5.75 Å². The molecule has 0 amide bonds. The standard InChI is InChI=1S/C9H12N2O3/c1-5(2)8(13)7-6(12)4-10-11(3)9(7)14/h4-5,12H,1-3H3. The van der Waals surface area contributed by atoms with E-state index in [4.69, 9.17) is 0 Å². The van der Waals surface area contributed by atoms with E-state index in [-0.39, 0.29) is 23.0 Å². The normalized spacial score (nSPS) is 10.6. The number of Topliss-reactive ketones (excluding diaryl/α,β-unsaturated/α-hetero) is 1. The van der Waals surface area contributed by atoms with Crippen molar-refractivity contribution in [2.75, 3.05) is 0 Å². The summed E-state index contributed by atoms with van der Waals surface area (Å²) in [5.41, 5.74) is -0.749. The molecule has 0 saturated carbocycles. The van der Waals surface area contributed by atoms with Gasteiger partial charge in [0.15, 0.2) is 11.5 Å². The Bertz CT molecular complexity index is 421. The quantitative estimate of drug-likeness (QED) is 0.691. The van der Waals surface area contributed by atoms with Crippen LogP contribution in [0.4, 0.5) is 0 Å². The SMILES string of the molecule is CC(C)C(=O)c1c(O)cnn(C)c1=O. The summed E-state index contributed by atoms with van der Waals surface area (Å²) in [5, 5.41) is 12.9. The first-order valence-corrected chi connectivity index (χ1v) is 4.24. The topological polar surface area (TPSA) is 72.2 Å². The molecule has 0 unspecified atom stereocenters. The van der Waals surface area contributed by atoms with E-state index in [0.717, 1.165) is 10.9 Å². The predicted octanol–water partition coefficient (Wildman–Crippen LogP) is 0.325. The van der Waals surface area contributed by atoms with Gasteiger partial charge < -0.3 is 5.11 Å². The lowest BCUT2D eigenvalue weighted by atomic mass is 10.0. The molecule has 0 fully saturated rings. The molecule has 0 saturated heterocycles. The second kappa shape index (κ2) is 3.61. The fourth-order valence-electron chi connectivity index (χ4n) is 1.05. The highest BCUT2D eigenvalue weighted by atomic mass is 16.3. The summed E-state index contributed by atoms with van der Waals surface area (Å²) in [6, 6.07) is 0. The molecule has 0 atom stereocenters. The first-order valence-electron chi connectivity index (χ1n) is 4.24. The Balaban J connectivity index is 3.41. The molecule has 0 aliphatic carbocycles. The van der Waals surface area contributed by atoms with E-state index >= 15 is 0 Å². The van der Waals surface area contributed by atoms with E-state index in [0.29, 0.717) is 0 Å². The van der Waals surface area contributed by atoms with E-state index in [2.05, 4.69) is 5.10 Å². The number of carbonyl (C=O) groups is 1. The Kier molecular flexibility index (Phi) is 2.69. The van der Waals surface area contributed by atoms with Crippen LogP contribution in [0.1, 0.15) is 24.2 Å². The van der Waals surface area contributed by atoms with Crippen molar-refractivity contribution in [3.63, 3.8) is 0 Å². The van der Waals surface area contributed by atoms with E-state index in [1.54, 1.807) is 13.8 Å². The molecule has 5 nitrogen and oxygen atoms in total. The fourth-order valence-corrected chi connectivity index (χ4v) is 1.05. The number of aryl methyl sites for hydroxylation is 1. The third kappa shape index (κ3) is 1.66. The van der Waals surface area contributed by atoms with Crippen molar-refractivity contribution < 1.29 is 9.90 Å². The van der Waals surface area contributed by atoms with E-state index in [1.165, 1.54) is 7.05 Å². The van der Waals surface area contributed by atoms with Gasteiger partial charge in [-0.2, -0.15) is 5.10 Å². The van der Waals surface area contributed by atoms with Gasteiger partial charge in [-0.25, -0.2) is 4.68 Å². The molecule has 1 rings (SSSR count). The van der Waals surface area contributed by atoms with Crippen LogP contribution in [0, 0.1) is 5.92 Å². The van der Waals surface area contributed by atoms with Crippen molar-refractivity contribution in [2.45, 2.75) is 13.8 Å². The van der Waals surface area contributed by atoms with Crippen LogP contribution in [0.25, 0.3) is 0 Å². The van der Waals surface area contributed by atoms with Crippen LogP contribution in [0.15, 0.2) is 11.0 Å². The molecule has 14 heavy (non-hydrogen) atoms. The summed E-state index contributed by atoms with van der Waals surface area (Å²) in [6.07, 6.45) is 1.09. The van der Waals surface area contributed by atoms with Gasteiger partial charge in [0.1, 0.15) is 5.56 Å². The molecule has 0 aliphatic heterocycles. The zero-order chi connectivity index (χ0) is 10.9. The number of nitrogens with zero attached hydrogens (tertiary/aromatic N) is 2. The van der Waals surface area contributed by atoms with Gasteiger partial charge in [0.2, 0.25) is 0 Å². The number of rotatable bonds is 2. The lowest BCUT2D eigenvalue weighted by Gasteiger charge is -2.06. The molecule has 0 aromatic carbocycles. The zero-order valence-electron chi connectivity index (χ0n) is 8.31. The van der Waals surface area contributed by atoms with Crippen LogP contribution in [-0.4, -0.2) is 20.7 Å². The Morgan fingerprint density at radius 3 is 2.64 bits per heavy atom. The minimum atomic E-state index is -0.566. The summed E-state index contributed by atoms with van der Waals surface area (Å²) >= 11 is 0. The first-order chi connectivity index (χ1) is 6.45. The summed E-state index contributed by atoms with van der Waals surface area (Å²) in [7, 11) is 1.43. The monoisotopic (exact) mass is 196 g/mol. The number of aromatic nitrogens is 2. The number of ketones is 1. The molecular formula is C9H12N2O3. The average Bonchev–Trinajstić information content (AvgIpc) is 2.12. The summed E-state index contributed by atoms with van der Waals surface area (Å²) in [4.78, 5) is 23.0. The van der Waals surface area contributed by atoms with E-state index in [1.807, 2.05) is 0 Å². The third-order valence-corrected chi connectivity index (χ3v) is 1.89. The van der Waals surface area contributed by atoms with Crippen molar-refractivity contribution in [1.82, 2.24) is 9.78 Å². The van der Waals surface area contributed by atoms with Gasteiger partial charge in [0, 0.05) is 13.0 Å². The molecule has 1 heterocycles. The van der Waals surface area contributed by atoms with Crippen molar-refractivity contribution >= 4 is 5.78 Å². The highest BCUT2D eigenvalue weighted by Gasteiger charge is 2.19. The molecule has 0 bridgehead atoms. The van der Waals surface area contributed by atoms with Gasteiger partial charge in [0.25, 0.3) is 5.56 Å². The smallest absolute Gasteiger partial charge is 0.281 e. The second-order valence-electron chi connectivity index (χ2n) is 3.35. The van der Waals surface area contributed by atoms with Crippen molar-refractivity contribution in [3.05, 3.63) is 22.1 Å². The molecule has 1 N–H and O–H groups in total. The highest BCUT2D eigenvalue weighted by molar-refractivity contribution is 5.99. The number of carbonyl (C=O) groups excluding carboxylic acids is 1. The minimum absolute atomic E-state index is 0.183. The van der Waals surface area contributed by atoms with Crippen molar-refractivity contribution in [1.29, 1.82) is 0 Å². The zero-order valence-corrected chi connectivity index (χ0v) is 8.31. The minimum Gasteiger partial charge on any atom is -0.505 e. The number of aromatic hydroxyl groups is 1. The fraction of sp³-hybridized carbons (Fsp3) is 0.444. The maximum atomic E-state index is 11.5. The Morgan fingerprint density at radius 1 is 1.57 bits per heavy atom. The van der Waals surface area contributed by atoms with E-state index < -0.39 is 5.56 Å². The second-order valence-corrected chi connectivity index (χ2v) is 3.35. The van der Waals surface area contributed by atoms with Gasteiger partial charge in [0.05, 0.1) is 6.20 Å². The van der Waals surface area contributed by atoms with Gasteiger partial charge in [-0.15, -0.1) is 0 Å². The van der Waals surface area contributed by atoms with Crippen LogP contribution in [0.3, 0.4) is 0 Å². The summed E-state index contributed by atoms with van der Waals surface area (Å²) in [6.45, 7) is 3.34. The number of hydrogen-bond donors (Lipinski definition) is 1. The Labute approximate surface area is 81.0 Å². The molecule has 0 radical (unpaired) electrons. The highest BCUT2D eigenvalue weighted by Crippen LogP contribution is 2.14. The maximum absolute atomic E-state index is 11.5. The molecule has 1 aromatic rings. The summed E-state index contributed by atoms with van der Waals surface area (Å²) < 4.78 is 1.02. The van der Waals surface area contributed by atoms with Crippen molar-refractivity contribution in [2.24, 2.45) is 13.0 Å². The van der Waals surface area contributed by atoms with Crippen molar-refractivity contribution in [3.8, 4) is 5.75 Å². The van der Waals surface area contributed by atoms with Crippen LogP contribution in [-0.2, 0) is 7.05 Å². The van der Waals surface area contributed by atoms with Crippen LogP contribution in [0.2, 0.25) is 0 Å². The summed E-state index contributed by atoms with van der Waals surface area (Å²) in [5.74, 6) is -1.05. The van der Waals surface area contributed by atoms with Crippen LogP contribution >= 0.6 is 0 Å². The largest absolute Gasteiger partial charge is 0.505 e. The lowest BCUT2D eigenvalue weighted by Crippen LogP contribution is -2.27. The Morgan fingerprint density at radius 2 is 2.14 bits per heavy atom. The molecule has 0 aliphatic rings. The lowest BCUT2D eigenvalue weighted by molar-refractivity contribution is 0.0934. The van der Waals surface area contributed by atoms with Gasteiger partial charge in [-0.05, 0) is 0 Å².